The lowest BCUT2D eigenvalue weighted by Crippen LogP contribution is -2.28. The first kappa shape index (κ1) is 16.6. The van der Waals surface area contributed by atoms with Gasteiger partial charge in [0.15, 0.2) is 0 Å². The monoisotopic (exact) mass is 328 g/mol. The molecule has 1 saturated heterocycles. The highest BCUT2D eigenvalue weighted by Crippen LogP contribution is 2.33. The zero-order valence-electron chi connectivity index (χ0n) is 14.5. The molecule has 2 aromatic heterocycles. The number of nitrogens with zero attached hydrogens (tertiary/aromatic N) is 5. The van der Waals surface area contributed by atoms with Crippen molar-refractivity contribution in [1.29, 1.82) is 0 Å². The predicted molar refractivity (Wildman–Crippen MR) is 89.9 cm³/mol. The molecule has 1 aliphatic heterocycles. The van der Waals surface area contributed by atoms with Gasteiger partial charge in [-0.25, -0.2) is 15.0 Å². The van der Waals surface area contributed by atoms with Gasteiger partial charge in [-0.2, -0.15) is 0 Å². The van der Waals surface area contributed by atoms with Crippen LogP contribution in [-0.2, 0) is 24.9 Å². The predicted octanol–water partition coefficient (Wildman–Crippen LogP) is 1.49. The van der Waals surface area contributed by atoms with Gasteiger partial charge in [-0.05, 0) is 26.3 Å². The standard InChI is InChI=1S/C17H24N6O/c1-12-19-9-14(10-20-13(2)24)17(21-12)15-5-4-7-23(15)11-16-18-6-8-22(16)3/h6,8-9,15H,4-5,7,10-11H2,1-3H3,(H,20,24)/t15-/m0/s1. The van der Waals surface area contributed by atoms with Crippen LogP contribution in [0.2, 0.25) is 0 Å². The molecule has 1 aliphatic rings. The van der Waals surface area contributed by atoms with E-state index in [1.54, 1.807) is 0 Å². The van der Waals surface area contributed by atoms with Crippen molar-refractivity contribution < 1.29 is 4.79 Å². The first-order chi connectivity index (χ1) is 11.5. The van der Waals surface area contributed by atoms with Crippen molar-refractivity contribution in [3.05, 3.63) is 41.5 Å². The van der Waals surface area contributed by atoms with E-state index < -0.39 is 0 Å². The number of hydrogen-bond acceptors (Lipinski definition) is 5. The molecular weight excluding hydrogens is 304 g/mol. The molecule has 1 atom stereocenters. The van der Waals surface area contributed by atoms with Gasteiger partial charge in [-0.1, -0.05) is 0 Å². The number of imidazole rings is 1. The lowest BCUT2D eigenvalue weighted by atomic mass is 10.1. The highest BCUT2D eigenvalue weighted by atomic mass is 16.1. The molecule has 1 N–H and O–H groups in total. The minimum Gasteiger partial charge on any atom is -0.352 e. The van der Waals surface area contributed by atoms with Crippen molar-refractivity contribution in [2.75, 3.05) is 6.54 Å². The van der Waals surface area contributed by atoms with Crippen LogP contribution >= 0.6 is 0 Å². The molecule has 0 spiro atoms. The summed E-state index contributed by atoms with van der Waals surface area (Å²) in [5.74, 6) is 1.77. The van der Waals surface area contributed by atoms with Crippen molar-refractivity contribution in [2.45, 2.75) is 45.8 Å². The van der Waals surface area contributed by atoms with Gasteiger partial charge >= 0.3 is 0 Å². The van der Waals surface area contributed by atoms with Crippen molar-refractivity contribution in [1.82, 2.24) is 29.7 Å². The summed E-state index contributed by atoms with van der Waals surface area (Å²) in [7, 11) is 2.02. The molecule has 0 radical (unpaired) electrons. The Balaban J connectivity index is 1.84. The van der Waals surface area contributed by atoms with E-state index in [9.17, 15) is 4.79 Å². The molecule has 1 amide bonds. The summed E-state index contributed by atoms with van der Waals surface area (Å²) in [5.41, 5.74) is 2.02. The summed E-state index contributed by atoms with van der Waals surface area (Å²) in [4.78, 5) is 27.1. The number of likely N-dealkylation sites (tertiary alicyclic amines) is 1. The molecule has 128 valence electrons. The van der Waals surface area contributed by atoms with Crippen molar-refractivity contribution in [3.8, 4) is 0 Å². The number of carbonyl (C=O) groups is 1. The molecule has 0 bridgehead atoms. The Labute approximate surface area is 142 Å². The molecule has 7 nitrogen and oxygen atoms in total. The Bertz CT molecular complexity index is 726. The van der Waals surface area contributed by atoms with E-state index in [-0.39, 0.29) is 11.9 Å². The van der Waals surface area contributed by atoms with Crippen LogP contribution in [0.25, 0.3) is 0 Å². The van der Waals surface area contributed by atoms with Crippen molar-refractivity contribution >= 4 is 5.91 Å². The van der Waals surface area contributed by atoms with Crippen LogP contribution in [0, 0.1) is 6.92 Å². The number of hydrogen-bond donors (Lipinski definition) is 1. The molecule has 3 heterocycles. The normalized spacial score (nSPS) is 18.0. The number of amides is 1. The Morgan fingerprint density at radius 1 is 1.42 bits per heavy atom. The van der Waals surface area contributed by atoms with E-state index in [0.717, 1.165) is 48.8 Å². The summed E-state index contributed by atoms with van der Waals surface area (Å²) >= 11 is 0. The molecular formula is C17H24N6O. The SMILES string of the molecule is CC(=O)NCc1cnc(C)nc1[C@@H]1CCCN1Cc1nccn1C. The lowest BCUT2D eigenvalue weighted by Gasteiger charge is -2.25. The van der Waals surface area contributed by atoms with Gasteiger partial charge in [0.25, 0.3) is 0 Å². The van der Waals surface area contributed by atoms with Gasteiger partial charge in [-0.15, -0.1) is 0 Å². The van der Waals surface area contributed by atoms with Gasteiger partial charge in [0.1, 0.15) is 11.6 Å². The van der Waals surface area contributed by atoms with Crippen LogP contribution in [0.1, 0.15) is 48.7 Å². The fraction of sp³-hybridized carbons (Fsp3) is 0.529. The molecule has 0 unspecified atom stereocenters. The van der Waals surface area contributed by atoms with Gasteiger partial charge < -0.3 is 9.88 Å². The Kier molecular flexibility index (Phi) is 4.89. The second kappa shape index (κ2) is 7.09. The average Bonchev–Trinajstić information content (AvgIpc) is 3.16. The summed E-state index contributed by atoms with van der Waals surface area (Å²) < 4.78 is 2.05. The van der Waals surface area contributed by atoms with E-state index in [1.165, 1.54) is 6.92 Å². The summed E-state index contributed by atoms with van der Waals surface area (Å²) in [6.45, 7) is 5.73. The number of carbonyl (C=O) groups excluding carboxylic acids is 1. The third-order valence-electron chi connectivity index (χ3n) is 4.49. The van der Waals surface area contributed by atoms with E-state index in [1.807, 2.05) is 32.6 Å². The summed E-state index contributed by atoms with van der Waals surface area (Å²) in [6.07, 6.45) is 7.84. The molecule has 0 aromatic carbocycles. The second-order valence-electron chi connectivity index (χ2n) is 6.32. The number of nitrogens with one attached hydrogen (secondary N) is 1. The van der Waals surface area contributed by atoms with Crippen LogP contribution in [0.3, 0.4) is 0 Å². The van der Waals surface area contributed by atoms with E-state index in [4.69, 9.17) is 4.98 Å². The molecule has 3 rings (SSSR count). The average molecular weight is 328 g/mol. The molecule has 0 saturated carbocycles. The Morgan fingerprint density at radius 3 is 2.96 bits per heavy atom. The molecule has 24 heavy (non-hydrogen) atoms. The molecule has 0 aliphatic carbocycles. The summed E-state index contributed by atoms with van der Waals surface area (Å²) in [5, 5.41) is 2.86. The van der Waals surface area contributed by atoms with Gasteiger partial charge in [-0.3, -0.25) is 9.69 Å². The first-order valence-corrected chi connectivity index (χ1v) is 8.31. The van der Waals surface area contributed by atoms with Crippen molar-refractivity contribution in [2.24, 2.45) is 7.05 Å². The zero-order chi connectivity index (χ0) is 17.1. The maximum absolute atomic E-state index is 11.3. The summed E-state index contributed by atoms with van der Waals surface area (Å²) in [6, 6.07) is 0.243. The largest absolute Gasteiger partial charge is 0.352 e. The number of rotatable bonds is 5. The van der Waals surface area contributed by atoms with E-state index in [0.29, 0.717) is 6.54 Å². The van der Waals surface area contributed by atoms with Crippen LogP contribution in [0.15, 0.2) is 18.6 Å². The molecule has 1 fully saturated rings. The van der Waals surface area contributed by atoms with Crippen LogP contribution in [0.5, 0.6) is 0 Å². The minimum absolute atomic E-state index is 0.0437. The maximum atomic E-state index is 11.3. The van der Waals surface area contributed by atoms with Crippen LogP contribution in [-0.4, -0.2) is 36.9 Å². The first-order valence-electron chi connectivity index (χ1n) is 8.31. The van der Waals surface area contributed by atoms with Crippen LogP contribution in [0.4, 0.5) is 0 Å². The topological polar surface area (TPSA) is 75.9 Å². The second-order valence-corrected chi connectivity index (χ2v) is 6.32. The quantitative estimate of drug-likeness (QED) is 0.900. The maximum Gasteiger partial charge on any atom is 0.217 e. The Morgan fingerprint density at radius 2 is 2.25 bits per heavy atom. The molecule has 7 heteroatoms. The molecule has 2 aromatic rings. The number of aryl methyl sites for hydroxylation is 2. The highest BCUT2D eigenvalue weighted by molar-refractivity contribution is 5.72. The smallest absolute Gasteiger partial charge is 0.217 e. The van der Waals surface area contributed by atoms with Gasteiger partial charge in [0.05, 0.1) is 18.3 Å². The van der Waals surface area contributed by atoms with Crippen LogP contribution < -0.4 is 5.32 Å². The highest BCUT2D eigenvalue weighted by Gasteiger charge is 2.30. The van der Waals surface area contributed by atoms with E-state index in [2.05, 4.69) is 24.8 Å². The van der Waals surface area contributed by atoms with Gasteiger partial charge in [0.2, 0.25) is 5.91 Å². The Hall–Kier alpha value is -2.28. The fourth-order valence-electron chi connectivity index (χ4n) is 3.21. The van der Waals surface area contributed by atoms with E-state index >= 15 is 0 Å². The third kappa shape index (κ3) is 3.62. The van der Waals surface area contributed by atoms with Gasteiger partial charge in [0, 0.05) is 44.7 Å². The van der Waals surface area contributed by atoms with Crippen molar-refractivity contribution in [3.63, 3.8) is 0 Å². The lowest BCUT2D eigenvalue weighted by molar-refractivity contribution is -0.119. The number of aromatic nitrogens is 4. The zero-order valence-corrected chi connectivity index (χ0v) is 14.5. The minimum atomic E-state index is -0.0437. The fourth-order valence-corrected chi connectivity index (χ4v) is 3.21. The third-order valence-corrected chi connectivity index (χ3v) is 4.49.